The van der Waals surface area contributed by atoms with Crippen molar-refractivity contribution in [1.29, 1.82) is 0 Å². The van der Waals surface area contributed by atoms with Gasteiger partial charge in [0.25, 0.3) is 0 Å². The van der Waals surface area contributed by atoms with E-state index >= 15 is 0 Å². The summed E-state index contributed by atoms with van der Waals surface area (Å²) in [5.74, 6) is 1.33. The Balaban J connectivity index is 1.06. The molecule has 0 aliphatic carbocycles. The second kappa shape index (κ2) is 13.9. The molecular formula is C59H36N4O2. The molecule has 0 saturated carbocycles. The molecule has 0 saturated heterocycles. The summed E-state index contributed by atoms with van der Waals surface area (Å²) in [5, 5.41) is 15.0. The SMILES string of the molecule is c1ccc(-c2ccc(C3N=C(c4cccc5oc6ccccc6c45)N=C(c4cc5c(cc4-n4c6cc7ccccc7cc6c6cc7ccccc7cc64)oc4ccccc45)N3)cc2)cc1. The first-order valence-corrected chi connectivity index (χ1v) is 22.0. The molecule has 1 atom stereocenters. The highest BCUT2D eigenvalue weighted by atomic mass is 16.3. The summed E-state index contributed by atoms with van der Waals surface area (Å²) in [6, 6.07) is 72.8. The number of nitrogens with one attached hydrogen (secondary N) is 1. The minimum absolute atomic E-state index is 0.466. The number of benzene rings is 10. The number of amidine groups is 2. The minimum Gasteiger partial charge on any atom is -0.456 e. The molecule has 1 unspecified atom stereocenters. The Morgan fingerprint density at radius 2 is 0.985 bits per heavy atom. The van der Waals surface area contributed by atoms with Gasteiger partial charge in [-0.15, -0.1) is 0 Å². The van der Waals surface area contributed by atoms with Crippen molar-refractivity contribution in [2.75, 3.05) is 0 Å². The molecule has 4 heterocycles. The third-order valence-electron chi connectivity index (χ3n) is 13.2. The van der Waals surface area contributed by atoms with Gasteiger partial charge in [0.1, 0.15) is 34.3 Å². The molecule has 0 fully saturated rings. The standard InChI is InChI=1S/C59H36N4O2/c1-2-13-35(14-3-1)36-25-27-37(28-26-36)57-60-58(44-21-12-24-54-56(44)43-20-9-11-23-53(43)64-54)62-59(61-57)48-33-47-42-19-8-10-22-52(42)65-55(47)34-51(48)63-49-31-40-17-6-4-15-38(40)29-45(49)46-30-39-16-5-7-18-41(39)32-50(46)63/h1-34,57H,(H,60,61,62). The van der Waals surface area contributed by atoms with Crippen LogP contribution in [0.4, 0.5) is 0 Å². The predicted molar refractivity (Wildman–Crippen MR) is 268 cm³/mol. The molecule has 1 N–H and O–H groups in total. The van der Waals surface area contributed by atoms with Crippen molar-refractivity contribution in [3.63, 3.8) is 0 Å². The summed E-state index contributed by atoms with van der Waals surface area (Å²) in [5.41, 5.74) is 11.5. The van der Waals surface area contributed by atoms with Gasteiger partial charge in [-0.25, -0.2) is 9.98 Å². The number of aromatic nitrogens is 1. The van der Waals surface area contributed by atoms with Crippen LogP contribution in [0.15, 0.2) is 225 Å². The number of para-hydroxylation sites is 2. The van der Waals surface area contributed by atoms with Crippen molar-refractivity contribution < 1.29 is 8.83 Å². The molecule has 6 nitrogen and oxygen atoms in total. The van der Waals surface area contributed by atoms with Crippen LogP contribution >= 0.6 is 0 Å². The second-order valence-electron chi connectivity index (χ2n) is 17.0. The zero-order valence-corrected chi connectivity index (χ0v) is 34.9. The van der Waals surface area contributed by atoms with Gasteiger partial charge in [0.15, 0.2) is 5.84 Å². The summed E-state index contributed by atoms with van der Waals surface area (Å²) in [7, 11) is 0. The van der Waals surface area contributed by atoms with Gasteiger partial charge in [0, 0.05) is 49.5 Å². The number of fused-ring (bicyclic) bond motifs is 11. The molecule has 0 radical (unpaired) electrons. The van der Waals surface area contributed by atoms with E-state index in [0.29, 0.717) is 11.7 Å². The monoisotopic (exact) mass is 832 g/mol. The van der Waals surface area contributed by atoms with Crippen molar-refractivity contribution >= 4 is 98.9 Å². The van der Waals surface area contributed by atoms with Crippen LogP contribution in [-0.4, -0.2) is 16.2 Å². The van der Waals surface area contributed by atoms with Crippen LogP contribution < -0.4 is 5.32 Å². The first-order chi connectivity index (χ1) is 32.2. The van der Waals surface area contributed by atoms with Gasteiger partial charge in [-0.1, -0.05) is 152 Å². The molecule has 6 heteroatoms. The normalized spacial score (nSPS) is 14.3. The highest BCUT2D eigenvalue weighted by molar-refractivity contribution is 6.24. The lowest BCUT2D eigenvalue weighted by atomic mass is 10.0. The highest BCUT2D eigenvalue weighted by Gasteiger charge is 2.28. The molecule has 304 valence electrons. The van der Waals surface area contributed by atoms with E-state index in [1.807, 2.05) is 42.5 Å². The lowest BCUT2D eigenvalue weighted by Gasteiger charge is -2.25. The molecule has 1 aliphatic heterocycles. The average Bonchev–Trinajstić information content (AvgIpc) is 4.03. The Hall–Kier alpha value is -8.74. The van der Waals surface area contributed by atoms with E-state index < -0.39 is 6.17 Å². The Kier molecular flexibility index (Phi) is 7.65. The van der Waals surface area contributed by atoms with E-state index in [2.05, 4.69) is 174 Å². The van der Waals surface area contributed by atoms with Gasteiger partial charge >= 0.3 is 0 Å². The van der Waals surface area contributed by atoms with Crippen molar-refractivity contribution in [3.05, 3.63) is 223 Å². The number of rotatable bonds is 5. The summed E-state index contributed by atoms with van der Waals surface area (Å²) in [4.78, 5) is 11.0. The van der Waals surface area contributed by atoms with Crippen molar-refractivity contribution in [2.24, 2.45) is 9.98 Å². The zero-order valence-electron chi connectivity index (χ0n) is 34.9. The summed E-state index contributed by atoms with van der Waals surface area (Å²) >= 11 is 0. The summed E-state index contributed by atoms with van der Waals surface area (Å²) in [6.45, 7) is 0. The first kappa shape index (κ1) is 35.8. The van der Waals surface area contributed by atoms with Gasteiger partial charge in [0.2, 0.25) is 0 Å². The molecule has 65 heavy (non-hydrogen) atoms. The summed E-state index contributed by atoms with van der Waals surface area (Å²) < 4.78 is 15.5. The molecule has 0 bridgehead atoms. The molecule has 0 spiro atoms. The van der Waals surface area contributed by atoms with Crippen LogP contribution in [0.3, 0.4) is 0 Å². The van der Waals surface area contributed by atoms with E-state index in [-0.39, 0.29) is 0 Å². The molecule has 1 aliphatic rings. The molecule has 0 amide bonds. The van der Waals surface area contributed by atoms with Crippen molar-refractivity contribution in [3.8, 4) is 16.8 Å². The Morgan fingerprint density at radius 1 is 0.415 bits per heavy atom. The lowest BCUT2D eigenvalue weighted by Crippen LogP contribution is -2.34. The fourth-order valence-corrected chi connectivity index (χ4v) is 10.1. The van der Waals surface area contributed by atoms with Gasteiger partial charge in [-0.2, -0.15) is 0 Å². The van der Waals surface area contributed by atoms with Gasteiger partial charge in [-0.3, -0.25) is 0 Å². The zero-order chi connectivity index (χ0) is 42.6. The Bertz CT molecular complexity index is 4060. The maximum absolute atomic E-state index is 6.70. The third-order valence-corrected chi connectivity index (χ3v) is 13.2. The third kappa shape index (κ3) is 5.60. The largest absolute Gasteiger partial charge is 0.456 e. The van der Waals surface area contributed by atoms with Crippen molar-refractivity contribution in [1.82, 2.24) is 9.88 Å². The topological polar surface area (TPSA) is 68.0 Å². The number of nitrogens with zero attached hydrogens (tertiary/aromatic N) is 3. The minimum atomic E-state index is -0.466. The van der Waals surface area contributed by atoms with Gasteiger partial charge < -0.3 is 18.7 Å². The van der Waals surface area contributed by atoms with E-state index in [1.54, 1.807) is 0 Å². The smallest absolute Gasteiger partial charge is 0.160 e. The first-order valence-electron chi connectivity index (χ1n) is 22.0. The van der Waals surface area contributed by atoms with Crippen LogP contribution in [0.1, 0.15) is 22.9 Å². The number of hydrogen-bond donors (Lipinski definition) is 1. The number of aliphatic imine (C=N–C) groups is 2. The number of hydrogen-bond acceptors (Lipinski definition) is 5. The molecule has 13 aromatic rings. The van der Waals surface area contributed by atoms with E-state index in [0.717, 1.165) is 88.4 Å². The molecule has 3 aromatic heterocycles. The fourth-order valence-electron chi connectivity index (χ4n) is 10.1. The van der Waals surface area contributed by atoms with Gasteiger partial charge in [0.05, 0.1) is 16.7 Å². The quantitative estimate of drug-likeness (QED) is 0.188. The van der Waals surface area contributed by atoms with Crippen LogP contribution in [-0.2, 0) is 0 Å². The second-order valence-corrected chi connectivity index (χ2v) is 17.0. The average molecular weight is 833 g/mol. The Labute approximate surface area is 372 Å². The maximum atomic E-state index is 6.70. The molecule has 14 rings (SSSR count). The van der Waals surface area contributed by atoms with Crippen LogP contribution in [0.25, 0.3) is 104 Å². The van der Waals surface area contributed by atoms with E-state index in [9.17, 15) is 0 Å². The maximum Gasteiger partial charge on any atom is 0.160 e. The van der Waals surface area contributed by atoms with Crippen LogP contribution in [0.5, 0.6) is 0 Å². The van der Waals surface area contributed by atoms with E-state index in [1.165, 1.54) is 32.3 Å². The molecular weight excluding hydrogens is 797 g/mol. The Morgan fingerprint density at radius 3 is 1.69 bits per heavy atom. The van der Waals surface area contributed by atoms with Crippen LogP contribution in [0, 0.1) is 0 Å². The predicted octanol–water partition coefficient (Wildman–Crippen LogP) is 15.1. The summed E-state index contributed by atoms with van der Waals surface area (Å²) in [6.07, 6.45) is -0.466. The molecule has 10 aromatic carbocycles. The van der Waals surface area contributed by atoms with Crippen molar-refractivity contribution in [2.45, 2.75) is 6.17 Å². The lowest BCUT2D eigenvalue weighted by molar-refractivity contribution is 0.667. The highest BCUT2D eigenvalue weighted by Crippen LogP contribution is 2.41. The van der Waals surface area contributed by atoms with Crippen LogP contribution in [0.2, 0.25) is 0 Å². The van der Waals surface area contributed by atoms with Gasteiger partial charge in [-0.05, 0) is 86.8 Å². The van der Waals surface area contributed by atoms with E-state index in [4.69, 9.17) is 18.8 Å². The number of furan rings is 2. The fraction of sp³-hybridized carbons (Fsp3) is 0.0169.